The number of hydrogen-bond donors (Lipinski definition) is 1. The van der Waals surface area contributed by atoms with Crippen LogP contribution in [0, 0.1) is 18.6 Å². The Hall–Kier alpha value is -2.54. The van der Waals surface area contributed by atoms with E-state index in [1.54, 1.807) is 19.1 Å². The molecule has 0 atom stereocenters. The first-order chi connectivity index (χ1) is 11.5. The highest BCUT2D eigenvalue weighted by Gasteiger charge is 2.16. The number of amides is 1. The number of nitrogens with one attached hydrogen (secondary N) is 1. The Kier molecular flexibility index (Phi) is 4.71. The summed E-state index contributed by atoms with van der Waals surface area (Å²) in [5, 5.41) is 3.30. The Balaban J connectivity index is 1.70. The smallest absolute Gasteiger partial charge is 0.227 e. The number of thiazole rings is 1. The van der Waals surface area contributed by atoms with Crippen molar-refractivity contribution in [3.8, 4) is 11.3 Å². The van der Waals surface area contributed by atoms with Crippen molar-refractivity contribution in [1.29, 1.82) is 0 Å². The van der Waals surface area contributed by atoms with Gasteiger partial charge < -0.3 is 9.73 Å². The second-order valence-corrected chi connectivity index (χ2v) is 6.46. The molecule has 24 heavy (non-hydrogen) atoms. The molecule has 4 nitrogen and oxygen atoms in total. The van der Waals surface area contributed by atoms with Gasteiger partial charge in [0.1, 0.15) is 22.4 Å². The van der Waals surface area contributed by atoms with Crippen molar-refractivity contribution in [1.82, 2.24) is 10.3 Å². The van der Waals surface area contributed by atoms with Gasteiger partial charge in [-0.2, -0.15) is 0 Å². The van der Waals surface area contributed by atoms with E-state index >= 15 is 0 Å². The van der Waals surface area contributed by atoms with Crippen LogP contribution in [0.3, 0.4) is 0 Å². The van der Waals surface area contributed by atoms with Crippen molar-refractivity contribution in [2.24, 2.45) is 0 Å². The third-order valence-corrected chi connectivity index (χ3v) is 4.35. The van der Waals surface area contributed by atoms with Gasteiger partial charge in [0.2, 0.25) is 5.91 Å². The topological polar surface area (TPSA) is 55.1 Å². The third kappa shape index (κ3) is 3.68. The third-order valence-electron chi connectivity index (χ3n) is 3.38. The molecule has 0 saturated carbocycles. The van der Waals surface area contributed by atoms with Crippen molar-refractivity contribution < 1.29 is 18.0 Å². The lowest BCUT2D eigenvalue weighted by atomic mass is 10.1. The normalized spacial score (nSPS) is 10.8. The summed E-state index contributed by atoms with van der Waals surface area (Å²) in [6.07, 6.45) is 1.63. The van der Waals surface area contributed by atoms with E-state index < -0.39 is 11.6 Å². The van der Waals surface area contributed by atoms with Crippen molar-refractivity contribution in [3.05, 3.63) is 63.9 Å². The number of carbonyl (C=O) groups excluding carboxylic acids is 1. The molecule has 2 heterocycles. The predicted octanol–water partition coefficient (Wildman–Crippen LogP) is 3.85. The van der Waals surface area contributed by atoms with Crippen LogP contribution in [0.4, 0.5) is 8.78 Å². The molecule has 3 aromatic rings. The zero-order chi connectivity index (χ0) is 17.1. The molecule has 124 valence electrons. The van der Waals surface area contributed by atoms with E-state index in [0.29, 0.717) is 23.0 Å². The molecule has 0 aliphatic heterocycles. The van der Waals surface area contributed by atoms with Crippen LogP contribution in [0.2, 0.25) is 0 Å². The quantitative estimate of drug-likeness (QED) is 0.762. The minimum Gasteiger partial charge on any atom is -0.467 e. The molecule has 1 aromatic carbocycles. The second-order valence-electron chi connectivity index (χ2n) is 5.17. The molecule has 0 aliphatic rings. The van der Waals surface area contributed by atoms with Gasteiger partial charge in [0, 0.05) is 16.5 Å². The Labute approximate surface area is 141 Å². The molecule has 1 N–H and O–H groups in total. The molecule has 0 unspecified atom stereocenters. The molecule has 0 aliphatic carbocycles. The molecule has 0 fully saturated rings. The van der Waals surface area contributed by atoms with Gasteiger partial charge in [0.15, 0.2) is 0 Å². The number of aromatic nitrogens is 1. The summed E-state index contributed by atoms with van der Waals surface area (Å²) in [6.45, 7) is 2.09. The Morgan fingerprint density at radius 3 is 2.88 bits per heavy atom. The molecular weight excluding hydrogens is 334 g/mol. The highest BCUT2D eigenvalue weighted by molar-refractivity contribution is 7.12. The number of halogens is 2. The Morgan fingerprint density at radius 2 is 2.17 bits per heavy atom. The first kappa shape index (κ1) is 16.3. The highest BCUT2D eigenvalue weighted by Crippen LogP contribution is 2.30. The molecular formula is C17H14F2N2O2S. The van der Waals surface area contributed by atoms with Gasteiger partial charge in [-0.25, -0.2) is 13.8 Å². The van der Waals surface area contributed by atoms with E-state index in [2.05, 4.69) is 10.3 Å². The summed E-state index contributed by atoms with van der Waals surface area (Å²) in [7, 11) is 0. The predicted molar refractivity (Wildman–Crippen MR) is 86.5 cm³/mol. The van der Waals surface area contributed by atoms with Crippen molar-refractivity contribution in [2.75, 3.05) is 0 Å². The van der Waals surface area contributed by atoms with Gasteiger partial charge in [-0.3, -0.25) is 4.79 Å². The van der Waals surface area contributed by atoms with Gasteiger partial charge in [0.25, 0.3) is 0 Å². The number of hydrogen-bond acceptors (Lipinski definition) is 4. The van der Waals surface area contributed by atoms with Gasteiger partial charge in [-0.15, -0.1) is 11.3 Å². The van der Waals surface area contributed by atoms with E-state index in [0.717, 1.165) is 10.9 Å². The minimum atomic E-state index is -0.669. The van der Waals surface area contributed by atoms with Crippen LogP contribution in [0.5, 0.6) is 0 Å². The molecule has 0 radical (unpaired) electrons. The van der Waals surface area contributed by atoms with Gasteiger partial charge >= 0.3 is 0 Å². The summed E-state index contributed by atoms with van der Waals surface area (Å²) in [6, 6.07) is 6.88. The largest absolute Gasteiger partial charge is 0.467 e. The first-order valence-electron chi connectivity index (χ1n) is 7.23. The Bertz CT molecular complexity index is 860. The fourth-order valence-corrected chi connectivity index (χ4v) is 3.20. The number of nitrogens with zero attached hydrogens (tertiary/aromatic N) is 1. The lowest BCUT2D eigenvalue weighted by Gasteiger charge is -2.02. The van der Waals surface area contributed by atoms with Crippen molar-refractivity contribution in [3.63, 3.8) is 0 Å². The molecule has 0 saturated heterocycles. The lowest BCUT2D eigenvalue weighted by Crippen LogP contribution is -2.24. The van der Waals surface area contributed by atoms with Crippen molar-refractivity contribution in [2.45, 2.75) is 19.9 Å². The molecule has 0 spiro atoms. The number of carbonyl (C=O) groups is 1. The SMILES string of the molecule is Cc1sc(CC(=O)NCc2ccco2)nc1-c1ccc(F)cc1F. The van der Waals surface area contributed by atoms with Crippen LogP contribution in [-0.4, -0.2) is 10.9 Å². The second kappa shape index (κ2) is 6.92. The summed E-state index contributed by atoms with van der Waals surface area (Å²) < 4.78 is 32.1. The highest BCUT2D eigenvalue weighted by atomic mass is 32.1. The first-order valence-corrected chi connectivity index (χ1v) is 8.05. The van der Waals surface area contributed by atoms with E-state index in [-0.39, 0.29) is 17.9 Å². The van der Waals surface area contributed by atoms with Gasteiger partial charge in [-0.1, -0.05) is 0 Å². The average Bonchev–Trinajstić information content (AvgIpc) is 3.15. The number of furan rings is 1. The van der Waals surface area contributed by atoms with E-state index in [1.165, 1.54) is 29.7 Å². The zero-order valence-electron chi connectivity index (χ0n) is 12.8. The minimum absolute atomic E-state index is 0.0923. The van der Waals surface area contributed by atoms with Gasteiger partial charge in [-0.05, 0) is 31.2 Å². The lowest BCUT2D eigenvalue weighted by molar-refractivity contribution is -0.120. The number of rotatable bonds is 5. The maximum Gasteiger partial charge on any atom is 0.227 e. The molecule has 2 aromatic heterocycles. The van der Waals surface area contributed by atoms with E-state index in [9.17, 15) is 13.6 Å². The van der Waals surface area contributed by atoms with E-state index in [4.69, 9.17) is 4.42 Å². The molecule has 3 rings (SSSR count). The Morgan fingerprint density at radius 1 is 1.33 bits per heavy atom. The number of benzene rings is 1. The van der Waals surface area contributed by atoms with Crippen LogP contribution in [0.15, 0.2) is 41.0 Å². The maximum absolute atomic E-state index is 13.9. The summed E-state index contributed by atoms with van der Waals surface area (Å²) in [5.74, 6) is -0.849. The molecule has 1 amide bonds. The van der Waals surface area contributed by atoms with Gasteiger partial charge in [0.05, 0.1) is 24.9 Å². The molecule has 0 bridgehead atoms. The van der Waals surface area contributed by atoms with Crippen LogP contribution in [-0.2, 0) is 17.8 Å². The monoisotopic (exact) mass is 348 g/mol. The van der Waals surface area contributed by atoms with Crippen LogP contribution in [0.1, 0.15) is 15.6 Å². The van der Waals surface area contributed by atoms with E-state index in [1.807, 2.05) is 0 Å². The van der Waals surface area contributed by atoms with Crippen LogP contribution in [0.25, 0.3) is 11.3 Å². The molecule has 7 heteroatoms. The van der Waals surface area contributed by atoms with Crippen LogP contribution >= 0.6 is 11.3 Å². The summed E-state index contributed by atoms with van der Waals surface area (Å²) >= 11 is 1.32. The standard InChI is InChI=1S/C17H14F2N2O2S/c1-10-17(13-5-4-11(18)7-14(13)19)21-16(24-10)8-15(22)20-9-12-3-2-6-23-12/h2-7H,8-9H2,1H3,(H,20,22). The fourth-order valence-electron chi connectivity index (χ4n) is 2.26. The summed E-state index contributed by atoms with van der Waals surface area (Å²) in [5.41, 5.74) is 0.665. The fraction of sp³-hybridized carbons (Fsp3) is 0.176. The zero-order valence-corrected chi connectivity index (χ0v) is 13.6. The van der Waals surface area contributed by atoms with Crippen molar-refractivity contribution >= 4 is 17.2 Å². The number of aryl methyl sites for hydroxylation is 1. The summed E-state index contributed by atoms with van der Waals surface area (Å²) in [4.78, 5) is 17.1. The maximum atomic E-state index is 13.9. The average molecular weight is 348 g/mol. The van der Waals surface area contributed by atoms with Crippen LogP contribution < -0.4 is 5.32 Å².